The van der Waals surface area contributed by atoms with Crippen molar-refractivity contribution < 1.29 is 0 Å². The van der Waals surface area contributed by atoms with Crippen LogP contribution in [-0.2, 0) is 19.3 Å². The summed E-state index contributed by atoms with van der Waals surface area (Å²) < 4.78 is 0. The highest BCUT2D eigenvalue weighted by Crippen LogP contribution is 2.33. The molecule has 0 radical (unpaired) electrons. The summed E-state index contributed by atoms with van der Waals surface area (Å²) in [5.41, 5.74) is 11.0. The molecule has 1 aromatic carbocycles. The molecule has 2 aromatic rings. The fraction of sp³-hybridized carbons (Fsp3) is 0.375. The second-order valence-corrected chi connectivity index (χ2v) is 5.26. The summed E-state index contributed by atoms with van der Waals surface area (Å²) in [4.78, 5) is 9.22. The van der Waals surface area contributed by atoms with E-state index in [2.05, 4.69) is 41.2 Å². The van der Waals surface area contributed by atoms with Gasteiger partial charge in [-0.3, -0.25) is 0 Å². The molecule has 2 N–H and O–H groups in total. The van der Waals surface area contributed by atoms with Crippen molar-refractivity contribution >= 4 is 5.82 Å². The third kappa shape index (κ3) is 2.09. The van der Waals surface area contributed by atoms with E-state index >= 15 is 0 Å². The second-order valence-electron chi connectivity index (χ2n) is 5.26. The Morgan fingerprint density at radius 3 is 2.32 bits per heavy atom. The fourth-order valence-corrected chi connectivity index (χ4v) is 3.00. The van der Waals surface area contributed by atoms with E-state index in [1.54, 1.807) is 0 Å². The maximum atomic E-state index is 6.05. The molecule has 98 valence electrons. The summed E-state index contributed by atoms with van der Waals surface area (Å²) in [7, 11) is 0. The van der Waals surface area contributed by atoms with Crippen LogP contribution in [0.2, 0.25) is 0 Å². The van der Waals surface area contributed by atoms with Crippen molar-refractivity contribution in [2.24, 2.45) is 0 Å². The molecule has 3 heteroatoms. The number of aromatic nitrogens is 2. The summed E-state index contributed by atoms with van der Waals surface area (Å²) in [6.45, 7) is 4.12. The lowest BCUT2D eigenvalue weighted by molar-refractivity contribution is 0.676. The molecule has 1 heterocycles. The monoisotopic (exact) mass is 253 g/mol. The number of fused-ring (bicyclic) bond motifs is 1. The Balaban J connectivity index is 1.94. The molecule has 19 heavy (non-hydrogen) atoms. The summed E-state index contributed by atoms with van der Waals surface area (Å²) in [6.07, 6.45) is 2.95. The van der Waals surface area contributed by atoms with Gasteiger partial charge in [0.05, 0.1) is 0 Å². The standard InChI is InChI=1S/C16H19N3/c1-3-14-10(2)18-16(19-15(14)17)13-8-11-6-4-5-7-12(11)9-13/h4-7,13H,3,8-9H2,1-2H3,(H2,17,18,19). The maximum absolute atomic E-state index is 6.05. The van der Waals surface area contributed by atoms with Gasteiger partial charge in [0.25, 0.3) is 0 Å². The molecule has 0 amide bonds. The van der Waals surface area contributed by atoms with Crippen molar-refractivity contribution in [3.8, 4) is 0 Å². The fourth-order valence-electron chi connectivity index (χ4n) is 3.00. The van der Waals surface area contributed by atoms with Gasteiger partial charge in [0.1, 0.15) is 11.6 Å². The number of aryl methyl sites for hydroxylation is 1. The van der Waals surface area contributed by atoms with Crippen LogP contribution in [0.3, 0.4) is 0 Å². The van der Waals surface area contributed by atoms with Crippen molar-refractivity contribution in [3.63, 3.8) is 0 Å². The van der Waals surface area contributed by atoms with E-state index in [0.717, 1.165) is 36.3 Å². The molecule has 1 aromatic heterocycles. The Morgan fingerprint density at radius 2 is 1.79 bits per heavy atom. The van der Waals surface area contributed by atoms with Gasteiger partial charge >= 0.3 is 0 Å². The lowest BCUT2D eigenvalue weighted by Crippen LogP contribution is -2.11. The van der Waals surface area contributed by atoms with Crippen LogP contribution in [0.15, 0.2) is 24.3 Å². The van der Waals surface area contributed by atoms with Crippen LogP contribution in [-0.4, -0.2) is 9.97 Å². The average molecular weight is 253 g/mol. The normalized spacial score (nSPS) is 14.6. The van der Waals surface area contributed by atoms with Gasteiger partial charge in [0, 0.05) is 17.2 Å². The van der Waals surface area contributed by atoms with Gasteiger partial charge in [-0.1, -0.05) is 31.2 Å². The molecule has 0 bridgehead atoms. The molecule has 3 nitrogen and oxygen atoms in total. The lowest BCUT2D eigenvalue weighted by Gasteiger charge is -2.12. The third-order valence-electron chi connectivity index (χ3n) is 4.03. The number of anilines is 1. The predicted octanol–water partition coefficient (Wildman–Crippen LogP) is 2.81. The second kappa shape index (κ2) is 4.65. The van der Waals surface area contributed by atoms with Crippen molar-refractivity contribution in [2.45, 2.75) is 39.0 Å². The molecule has 0 atom stereocenters. The molecule has 0 unspecified atom stereocenters. The zero-order valence-electron chi connectivity index (χ0n) is 11.5. The van der Waals surface area contributed by atoms with E-state index in [9.17, 15) is 0 Å². The van der Waals surface area contributed by atoms with Gasteiger partial charge in [-0.2, -0.15) is 0 Å². The van der Waals surface area contributed by atoms with E-state index in [4.69, 9.17) is 5.73 Å². The topological polar surface area (TPSA) is 51.8 Å². The minimum absolute atomic E-state index is 0.379. The van der Waals surface area contributed by atoms with Crippen LogP contribution in [0.1, 0.15) is 41.1 Å². The average Bonchev–Trinajstić information content (AvgIpc) is 2.82. The number of hydrogen-bond donors (Lipinski definition) is 1. The maximum Gasteiger partial charge on any atom is 0.134 e. The lowest BCUT2D eigenvalue weighted by atomic mass is 10.0. The van der Waals surface area contributed by atoms with Crippen molar-refractivity contribution in [2.75, 3.05) is 5.73 Å². The van der Waals surface area contributed by atoms with E-state index in [-0.39, 0.29) is 0 Å². The molecule has 0 fully saturated rings. The summed E-state index contributed by atoms with van der Waals surface area (Å²) in [6, 6.07) is 8.60. The van der Waals surface area contributed by atoms with Crippen LogP contribution in [0.25, 0.3) is 0 Å². The molecular formula is C16H19N3. The van der Waals surface area contributed by atoms with E-state index in [1.165, 1.54) is 11.1 Å². The highest BCUT2D eigenvalue weighted by atomic mass is 15.0. The summed E-state index contributed by atoms with van der Waals surface area (Å²) >= 11 is 0. The molecular weight excluding hydrogens is 234 g/mol. The van der Waals surface area contributed by atoms with Crippen LogP contribution in [0.5, 0.6) is 0 Å². The van der Waals surface area contributed by atoms with Crippen molar-refractivity contribution in [1.29, 1.82) is 0 Å². The number of benzene rings is 1. The van der Waals surface area contributed by atoms with Gasteiger partial charge < -0.3 is 5.73 Å². The van der Waals surface area contributed by atoms with Crippen LogP contribution in [0.4, 0.5) is 5.82 Å². The van der Waals surface area contributed by atoms with E-state index in [0.29, 0.717) is 11.7 Å². The third-order valence-corrected chi connectivity index (χ3v) is 4.03. The van der Waals surface area contributed by atoms with Gasteiger partial charge in [-0.05, 0) is 37.3 Å². The minimum atomic E-state index is 0.379. The Bertz CT molecular complexity index is 571. The molecule has 0 saturated carbocycles. The quantitative estimate of drug-likeness (QED) is 0.895. The van der Waals surface area contributed by atoms with Gasteiger partial charge in [-0.25, -0.2) is 9.97 Å². The number of hydrogen-bond acceptors (Lipinski definition) is 3. The smallest absolute Gasteiger partial charge is 0.134 e. The molecule has 1 aliphatic rings. The SMILES string of the molecule is CCc1c(C)nc(C2Cc3ccccc3C2)nc1N. The van der Waals surface area contributed by atoms with Crippen LogP contribution in [0, 0.1) is 6.92 Å². The molecule has 0 saturated heterocycles. The summed E-state index contributed by atoms with van der Waals surface area (Å²) in [5.74, 6) is 1.94. The minimum Gasteiger partial charge on any atom is -0.383 e. The van der Waals surface area contributed by atoms with Crippen LogP contribution < -0.4 is 5.73 Å². The van der Waals surface area contributed by atoms with E-state index in [1.807, 2.05) is 6.92 Å². The first-order chi connectivity index (χ1) is 9.19. The largest absolute Gasteiger partial charge is 0.383 e. The molecule has 1 aliphatic carbocycles. The first-order valence-electron chi connectivity index (χ1n) is 6.88. The van der Waals surface area contributed by atoms with Crippen molar-refractivity contribution in [1.82, 2.24) is 9.97 Å². The van der Waals surface area contributed by atoms with E-state index < -0.39 is 0 Å². The first kappa shape index (κ1) is 12.2. The van der Waals surface area contributed by atoms with Gasteiger partial charge in [-0.15, -0.1) is 0 Å². The highest BCUT2D eigenvalue weighted by molar-refractivity contribution is 5.43. The number of nitrogens with two attached hydrogens (primary N) is 1. The number of rotatable bonds is 2. The van der Waals surface area contributed by atoms with Crippen molar-refractivity contribution in [3.05, 3.63) is 52.5 Å². The zero-order valence-corrected chi connectivity index (χ0v) is 11.5. The van der Waals surface area contributed by atoms with Crippen LogP contribution >= 0.6 is 0 Å². The molecule has 0 spiro atoms. The number of nitrogen functional groups attached to an aromatic ring is 1. The zero-order chi connectivity index (χ0) is 13.4. The van der Waals surface area contributed by atoms with Gasteiger partial charge in [0.15, 0.2) is 0 Å². The Morgan fingerprint density at radius 1 is 1.16 bits per heavy atom. The molecule has 0 aliphatic heterocycles. The molecule has 3 rings (SSSR count). The predicted molar refractivity (Wildman–Crippen MR) is 77.2 cm³/mol. The first-order valence-corrected chi connectivity index (χ1v) is 6.88. The Hall–Kier alpha value is -1.90. The highest BCUT2D eigenvalue weighted by Gasteiger charge is 2.25. The number of nitrogens with zero attached hydrogens (tertiary/aromatic N) is 2. The van der Waals surface area contributed by atoms with Gasteiger partial charge in [0.2, 0.25) is 0 Å². The summed E-state index contributed by atoms with van der Waals surface area (Å²) in [5, 5.41) is 0. The Kier molecular flexibility index (Phi) is 2.97. The Labute approximate surface area is 113 Å².